The number of aromatic nitrogens is 2. The van der Waals surface area contributed by atoms with Gasteiger partial charge < -0.3 is 25.7 Å². The van der Waals surface area contributed by atoms with E-state index in [2.05, 4.69) is 39.8 Å². The van der Waals surface area contributed by atoms with Crippen LogP contribution < -0.4 is 20.7 Å². The molecule has 0 bridgehead atoms. The fourth-order valence-electron chi connectivity index (χ4n) is 3.83. The number of carbonyl (C=O) groups is 4. The Balaban J connectivity index is 0.00000121. The van der Waals surface area contributed by atoms with E-state index in [9.17, 15) is 19.2 Å². The number of thiazole rings is 1. The Hall–Kier alpha value is -3.44. The van der Waals surface area contributed by atoms with Gasteiger partial charge in [0.15, 0.2) is 5.01 Å². The highest BCUT2D eigenvalue weighted by molar-refractivity contribution is 7.12. The summed E-state index contributed by atoms with van der Waals surface area (Å²) in [5.41, 5.74) is 0.983. The molecule has 2 unspecified atom stereocenters. The number of nitrogens with zero attached hydrogens (tertiary/aromatic N) is 1. The second-order valence-corrected chi connectivity index (χ2v) is 9.71. The van der Waals surface area contributed by atoms with Gasteiger partial charge in [0.25, 0.3) is 5.91 Å². The summed E-state index contributed by atoms with van der Waals surface area (Å²) in [6, 6.07) is 6.05. The van der Waals surface area contributed by atoms with Crippen molar-refractivity contribution < 1.29 is 23.9 Å². The van der Waals surface area contributed by atoms with Gasteiger partial charge in [0, 0.05) is 28.7 Å². The van der Waals surface area contributed by atoms with Crippen LogP contribution in [0.3, 0.4) is 0 Å². The Morgan fingerprint density at radius 3 is 2.68 bits per heavy atom. The molecule has 2 aromatic heterocycles. The fraction of sp³-hybridized carbons (Fsp3) is 0.400. The SMILES string of the molecule is CCC.COc1cccc2[nH]c(C(=O)NCC(=O)NC(CC3CCNC3=O)C(=O)c3nc(Cl)cs3)cc12. The summed E-state index contributed by atoms with van der Waals surface area (Å²) in [4.78, 5) is 57.1. The predicted molar refractivity (Wildman–Crippen MR) is 142 cm³/mol. The Labute approximate surface area is 223 Å². The van der Waals surface area contributed by atoms with Crippen molar-refractivity contribution in [2.24, 2.45) is 5.92 Å². The van der Waals surface area contributed by atoms with E-state index < -0.39 is 29.6 Å². The molecule has 0 saturated carbocycles. The number of ketones is 1. The van der Waals surface area contributed by atoms with E-state index in [4.69, 9.17) is 16.3 Å². The Morgan fingerprint density at radius 2 is 2.05 bits per heavy atom. The van der Waals surface area contributed by atoms with Crippen LogP contribution in [-0.4, -0.2) is 59.7 Å². The number of amides is 3. The van der Waals surface area contributed by atoms with Gasteiger partial charge in [-0.1, -0.05) is 37.9 Å². The standard InChI is InChI=1S/C22H22ClN5O5S.C3H8/c1-33-16-4-2-3-13-12(16)8-15(26-13)21(32)25-9-18(29)27-14(7-11-5-6-24-20(11)31)19(30)22-28-17(23)10-34-22;1-3-2/h2-4,8,10-11,14,26H,5-7,9H2,1H3,(H,24,31)(H,25,32)(H,27,29);3H2,1-2H3. The number of hydrogen-bond donors (Lipinski definition) is 4. The van der Waals surface area contributed by atoms with E-state index in [0.29, 0.717) is 18.7 Å². The van der Waals surface area contributed by atoms with Crippen LogP contribution in [-0.2, 0) is 9.59 Å². The first-order valence-electron chi connectivity index (χ1n) is 11.9. The maximum atomic E-state index is 12.9. The normalized spacial score (nSPS) is 15.4. The smallest absolute Gasteiger partial charge is 0.268 e. The highest BCUT2D eigenvalue weighted by Crippen LogP contribution is 2.26. The minimum Gasteiger partial charge on any atom is -0.496 e. The first-order valence-corrected chi connectivity index (χ1v) is 13.2. The number of nitrogens with one attached hydrogen (secondary N) is 4. The van der Waals surface area contributed by atoms with Gasteiger partial charge in [0.05, 0.1) is 19.7 Å². The lowest BCUT2D eigenvalue weighted by atomic mass is 9.96. The van der Waals surface area contributed by atoms with Gasteiger partial charge in [-0.3, -0.25) is 19.2 Å². The number of hydrogen-bond acceptors (Lipinski definition) is 7. The molecule has 2 atom stereocenters. The number of carbonyl (C=O) groups excluding carboxylic acids is 4. The summed E-state index contributed by atoms with van der Waals surface area (Å²) < 4.78 is 5.30. The van der Waals surface area contributed by atoms with E-state index in [1.165, 1.54) is 11.8 Å². The third-order valence-electron chi connectivity index (χ3n) is 5.52. The molecular formula is C25H30ClN5O5S. The van der Waals surface area contributed by atoms with Crippen LogP contribution >= 0.6 is 22.9 Å². The molecule has 4 rings (SSSR count). The molecule has 1 aliphatic rings. The van der Waals surface area contributed by atoms with E-state index in [0.717, 1.165) is 22.2 Å². The summed E-state index contributed by atoms with van der Waals surface area (Å²) in [7, 11) is 1.54. The second kappa shape index (κ2) is 13.2. The molecule has 0 aliphatic carbocycles. The zero-order valence-corrected chi connectivity index (χ0v) is 22.4. The minimum absolute atomic E-state index is 0.128. The molecule has 3 aromatic rings. The van der Waals surface area contributed by atoms with Crippen LogP contribution in [0.15, 0.2) is 29.6 Å². The molecule has 3 heterocycles. The van der Waals surface area contributed by atoms with Crippen LogP contribution in [0, 0.1) is 5.92 Å². The van der Waals surface area contributed by atoms with E-state index in [-0.39, 0.29) is 34.7 Å². The first-order chi connectivity index (χ1) is 17.8. The summed E-state index contributed by atoms with van der Waals surface area (Å²) in [6.45, 7) is 4.41. The number of rotatable bonds is 9. The van der Waals surface area contributed by atoms with Crippen molar-refractivity contribution in [3.8, 4) is 5.75 Å². The summed E-state index contributed by atoms with van der Waals surface area (Å²) in [5, 5.41) is 10.5. The monoisotopic (exact) mass is 547 g/mol. The number of H-pyrrole nitrogens is 1. The highest BCUT2D eigenvalue weighted by atomic mass is 35.5. The maximum absolute atomic E-state index is 12.9. The van der Waals surface area contributed by atoms with Crippen LogP contribution in [0.4, 0.5) is 0 Å². The Bertz CT molecular complexity index is 1270. The molecular weight excluding hydrogens is 518 g/mol. The van der Waals surface area contributed by atoms with Crippen molar-refractivity contribution in [2.45, 2.75) is 39.2 Å². The zero-order valence-electron chi connectivity index (χ0n) is 20.9. The van der Waals surface area contributed by atoms with Crippen molar-refractivity contribution in [3.05, 3.63) is 45.5 Å². The zero-order chi connectivity index (χ0) is 26.9. The van der Waals surface area contributed by atoms with Crippen LogP contribution in [0.1, 0.15) is 53.4 Å². The molecule has 3 amide bonds. The third kappa shape index (κ3) is 7.30. The molecule has 0 spiro atoms. The Morgan fingerprint density at radius 1 is 1.30 bits per heavy atom. The van der Waals surface area contributed by atoms with Gasteiger partial charge in [-0.05, 0) is 31.0 Å². The van der Waals surface area contributed by atoms with Crippen LogP contribution in [0.25, 0.3) is 10.9 Å². The molecule has 37 heavy (non-hydrogen) atoms. The minimum atomic E-state index is -0.974. The molecule has 1 saturated heterocycles. The molecule has 1 aromatic carbocycles. The van der Waals surface area contributed by atoms with E-state index >= 15 is 0 Å². The van der Waals surface area contributed by atoms with Crippen LogP contribution in [0.2, 0.25) is 5.15 Å². The topological polar surface area (TPSA) is 142 Å². The number of ether oxygens (including phenoxy) is 1. The third-order valence-corrected chi connectivity index (χ3v) is 6.70. The lowest BCUT2D eigenvalue weighted by molar-refractivity contribution is -0.124. The molecule has 10 nitrogen and oxygen atoms in total. The van der Waals surface area contributed by atoms with Crippen molar-refractivity contribution in [2.75, 3.05) is 20.2 Å². The molecule has 12 heteroatoms. The van der Waals surface area contributed by atoms with Gasteiger partial charge in [0.2, 0.25) is 17.6 Å². The van der Waals surface area contributed by atoms with Crippen molar-refractivity contribution in [3.63, 3.8) is 0 Å². The Kier molecular flexibility index (Phi) is 10.0. The summed E-state index contributed by atoms with van der Waals surface area (Å²) in [6.07, 6.45) is 1.95. The van der Waals surface area contributed by atoms with Crippen molar-refractivity contribution >= 4 is 57.3 Å². The van der Waals surface area contributed by atoms with Crippen molar-refractivity contribution in [1.82, 2.24) is 25.9 Å². The maximum Gasteiger partial charge on any atom is 0.268 e. The predicted octanol–water partition coefficient (Wildman–Crippen LogP) is 3.33. The highest BCUT2D eigenvalue weighted by Gasteiger charge is 2.33. The van der Waals surface area contributed by atoms with Crippen molar-refractivity contribution in [1.29, 1.82) is 0 Å². The second-order valence-electron chi connectivity index (χ2n) is 8.47. The largest absolute Gasteiger partial charge is 0.496 e. The lowest BCUT2D eigenvalue weighted by Crippen LogP contribution is -2.46. The van der Waals surface area contributed by atoms with Gasteiger partial charge in [-0.25, -0.2) is 4.98 Å². The molecule has 0 radical (unpaired) electrons. The molecule has 1 aliphatic heterocycles. The van der Waals surface area contributed by atoms with E-state index in [1.807, 2.05) is 6.07 Å². The average molecular weight is 548 g/mol. The molecule has 4 N–H and O–H groups in total. The number of benzene rings is 1. The van der Waals surface area contributed by atoms with Gasteiger partial charge >= 0.3 is 0 Å². The number of fused-ring (bicyclic) bond motifs is 1. The fourth-order valence-corrected chi connectivity index (χ4v) is 4.77. The molecule has 198 valence electrons. The van der Waals surface area contributed by atoms with E-state index in [1.54, 1.807) is 25.3 Å². The molecule has 1 fully saturated rings. The van der Waals surface area contributed by atoms with Gasteiger partial charge in [-0.2, -0.15) is 0 Å². The summed E-state index contributed by atoms with van der Waals surface area (Å²) >= 11 is 6.90. The average Bonchev–Trinajstić information content (AvgIpc) is 3.62. The number of aromatic amines is 1. The number of Topliss-reactive ketones (excluding diaryl/α,β-unsaturated/α-hetero) is 1. The van der Waals surface area contributed by atoms with Gasteiger partial charge in [-0.15, -0.1) is 11.3 Å². The van der Waals surface area contributed by atoms with Crippen LogP contribution in [0.5, 0.6) is 5.75 Å². The van der Waals surface area contributed by atoms with Gasteiger partial charge in [0.1, 0.15) is 16.6 Å². The first kappa shape index (κ1) is 28.1. The number of halogens is 1. The summed E-state index contributed by atoms with van der Waals surface area (Å²) in [5.74, 6) is -1.43. The number of methoxy groups -OCH3 is 1. The lowest BCUT2D eigenvalue weighted by Gasteiger charge is -2.19. The quantitative estimate of drug-likeness (QED) is 0.303.